The van der Waals surface area contributed by atoms with E-state index in [1.54, 1.807) is 19.2 Å². The van der Waals surface area contributed by atoms with Crippen molar-refractivity contribution in [1.82, 2.24) is 29.3 Å². The van der Waals surface area contributed by atoms with Gasteiger partial charge in [-0.1, -0.05) is 6.07 Å². The number of nitrogens with zero attached hydrogens (tertiary/aromatic N) is 5. The Balaban J connectivity index is 1.22. The summed E-state index contributed by atoms with van der Waals surface area (Å²) >= 11 is 0. The van der Waals surface area contributed by atoms with Crippen LogP contribution in [0.15, 0.2) is 48.5 Å². The zero-order valence-corrected chi connectivity index (χ0v) is 25.2. The van der Waals surface area contributed by atoms with Gasteiger partial charge in [0.1, 0.15) is 23.1 Å². The number of aryl methyl sites for hydroxylation is 1. The molecule has 0 bridgehead atoms. The molecule has 2 atom stereocenters. The van der Waals surface area contributed by atoms with Gasteiger partial charge in [-0.3, -0.25) is 9.59 Å². The van der Waals surface area contributed by atoms with Gasteiger partial charge in [-0.25, -0.2) is 14.4 Å². The number of halogens is 1. The van der Waals surface area contributed by atoms with Crippen molar-refractivity contribution >= 4 is 33.9 Å². The molecular formula is C34H34FN7O3. The summed E-state index contributed by atoms with van der Waals surface area (Å²) in [6.45, 7) is 1.68. The van der Waals surface area contributed by atoms with Crippen LogP contribution in [-0.2, 0) is 20.1 Å². The second kappa shape index (κ2) is 10.4. The van der Waals surface area contributed by atoms with E-state index in [9.17, 15) is 14.0 Å². The number of hydrogen-bond donors (Lipinski definition) is 2. The van der Waals surface area contributed by atoms with Crippen LogP contribution in [-0.4, -0.2) is 68.2 Å². The number of carbonyl (C=O) groups is 2. The zero-order valence-electron chi connectivity index (χ0n) is 25.2. The maximum Gasteiger partial charge on any atom is 0.254 e. The fourth-order valence-electron chi connectivity index (χ4n) is 6.85. The maximum absolute atomic E-state index is 14.3. The summed E-state index contributed by atoms with van der Waals surface area (Å²) in [4.78, 5) is 37.2. The van der Waals surface area contributed by atoms with Crippen LogP contribution >= 0.6 is 0 Å². The molecule has 45 heavy (non-hydrogen) atoms. The van der Waals surface area contributed by atoms with Gasteiger partial charge in [0.25, 0.3) is 11.8 Å². The Morgan fingerprint density at radius 1 is 1.11 bits per heavy atom. The molecular weight excluding hydrogens is 573 g/mol. The molecule has 0 spiro atoms. The second-order valence-electron chi connectivity index (χ2n) is 12.6. The second-order valence-corrected chi connectivity index (χ2v) is 12.6. The molecule has 0 radical (unpaired) electrons. The van der Waals surface area contributed by atoms with Gasteiger partial charge in [0.2, 0.25) is 0 Å². The minimum Gasteiger partial charge on any atom is -0.494 e. The molecule has 230 valence electrons. The summed E-state index contributed by atoms with van der Waals surface area (Å²) in [5.74, 6) is 1.50. The number of nitrogens with one attached hydrogen (secondary N) is 1. The smallest absolute Gasteiger partial charge is 0.254 e. The van der Waals surface area contributed by atoms with E-state index >= 15 is 0 Å². The SMILES string of the molecule is COc1cc(C(=O)N2C[C@H](N)C[C@@H](F)C2)cc2nc(-c3cc4ccc(-c5ccc6c(c5)CNC6=O)nc4n3CC3CC3)n(C)c12. The third kappa shape index (κ3) is 4.73. The van der Waals surface area contributed by atoms with Crippen LogP contribution in [0.25, 0.3) is 44.8 Å². The normalized spacial score (nSPS) is 19.7. The van der Waals surface area contributed by atoms with E-state index in [1.165, 1.54) is 17.7 Å². The van der Waals surface area contributed by atoms with E-state index in [2.05, 4.69) is 22.0 Å². The number of alkyl halides is 1. The number of rotatable bonds is 6. The lowest BCUT2D eigenvalue weighted by Gasteiger charge is -2.33. The molecule has 2 aromatic carbocycles. The van der Waals surface area contributed by atoms with Crippen molar-refractivity contribution in [3.63, 3.8) is 0 Å². The number of likely N-dealkylation sites (tertiary alicyclic amines) is 1. The lowest BCUT2D eigenvalue weighted by molar-refractivity contribution is 0.0606. The van der Waals surface area contributed by atoms with Crippen molar-refractivity contribution in [2.24, 2.45) is 18.7 Å². The number of nitrogens with two attached hydrogens (primary N) is 1. The van der Waals surface area contributed by atoms with Crippen molar-refractivity contribution in [2.75, 3.05) is 20.2 Å². The van der Waals surface area contributed by atoms with Crippen molar-refractivity contribution in [3.05, 3.63) is 65.2 Å². The predicted octanol–water partition coefficient (Wildman–Crippen LogP) is 4.43. The summed E-state index contributed by atoms with van der Waals surface area (Å²) < 4.78 is 24.3. The highest BCUT2D eigenvalue weighted by Gasteiger charge is 2.31. The molecule has 5 heterocycles. The summed E-state index contributed by atoms with van der Waals surface area (Å²) in [5.41, 5.74) is 13.1. The molecule has 8 rings (SSSR count). The Bertz CT molecular complexity index is 2020. The lowest BCUT2D eigenvalue weighted by atomic mass is 10.0. The van der Waals surface area contributed by atoms with Crippen LogP contribution < -0.4 is 15.8 Å². The third-order valence-corrected chi connectivity index (χ3v) is 9.32. The highest BCUT2D eigenvalue weighted by atomic mass is 19.1. The predicted molar refractivity (Wildman–Crippen MR) is 169 cm³/mol. The van der Waals surface area contributed by atoms with Crippen molar-refractivity contribution < 1.29 is 18.7 Å². The number of pyridine rings is 1. The maximum atomic E-state index is 14.3. The monoisotopic (exact) mass is 607 g/mol. The molecule has 1 saturated carbocycles. The van der Waals surface area contributed by atoms with E-state index in [-0.39, 0.29) is 24.8 Å². The van der Waals surface area contributed by atoms with Gasteiger partial charge in [0.15, 0.2) is 5.82 Å². The van der Waals surface area contributed by atoms with E-state index in [1.807, 2.05) is 35.9 Å². The highest BCUT2D eigenvalue weighted by molar-refractivity contribution is 6.01. The number of benzene rings is 2. The number of ether oxygens (including phenoxy) is 1. The summed E-state index contributed by atoms with van der Waals surface area (Å²) in [6.07, 6.45) is 1.46. The Hall–Kier alpha value is -4.77. The minimum atomic E-state index is -1.14. The molecule has 10 nitrogen and oxygen atoms in total. The van der Waals surface area contributed by atoms with Gasteiger partial charge in [-0.05, 0) is 73.2 Å². The van der Waals surface area contributed by atoms with E-state index in [0.29, 0.717) is 41.4 Å². The Morgan fingerprint density at radius 2 is 1.96 bits per heavy atom. The Labute approximate surface area is 259 Å². The number of methoxy groups -OCH3 is 1. The molecule has 11 heteroatoms. The first-order valence-corrected chi connectivity index (χ1v) is 15.4. The summed E-state index contributed by atoms with van der Waals surface area (Å²) in [5, 5.41) is 3.89. The lowest BCUT2D eigenvalue weighted by Crippen LogP contribution is -2.50. The highest BCUT2D eigenvalue weighted by Crippen LogP contribution is 2.38. The topological polar surface area (TPSA) is 120 Å². The Kier molecular flexibility index (Phi) is 6.42. The molecule has 1 aliphatic carbocycles. The number of hydrogen-bond acceptors (Lipinski definition) is 6. The molecule has 3 aromatic heterocycles. The van der Waals surface area contributed by atoms with E-state index in [4.69, 9.17) is 20.4 Å². The molecule has 1 saturated heterocycles. The zero-order chi connectivity index (χ0) is 31.0. The number of fused-ring (bicyclic) bond motifs is 3. The van der Waals surface area contributed by atoms with Crippen LogP contribution in [0.4, 0.5) is 4.39 Å². The summed E-state index contributed by atoms with van der Waals surface area (Å²) in [7, 11) is 3.52. The van der Waals surface area contributed by atoms with Crippen LogP contribution in [0.3, 0.4) is 0 Å². The van der Waals surface area contributed by atoms with Gasteiger partial charge in [0.05, 0.1) is 30.6 Å². The van der Waals surface area contributed by atoms with Crippen LogP contribution in [0, 0.1) is 5.92 Å². The van der Waals surface area contributed by atoms with Crippen LogP contribution in [0.5, 0.6) is 5.75 Å². The molecule has 3 N–H and O–H groups in total. The molecule has 2 aliphatic heterocycles. The number of carbonyl (C=O) groups excluding carboxylic acids is 2. The fourth-order valence-corrected chi connectivity index (χ4v) is 6.85. The first-order chi connectivity index (χ1) is 21.8. The van der Waals surface area contributed by atoms with Gasteiger partial charge >= 0.3 is 0 Å². The van der Waals surface area contributed by atoms with Gasteiger partial charge in [-0.2, -0.15) is 0 Å². The van der Waals surface area contributed by atoms with Gasteiger partial charge < -0.3 is 29.8 Å². The minimum absolute atomic E-state index is 0.0249. The average molecular weight is 608 g/mol. The number of aromatic nitrogens is 4. The fraction of sp³-hybridized carbons (Fsp3) is 0.353. The molecule has 5 aromatic rings. The summed E-state index contributed by atoms with van der Waals surface area (Å²) in [6, 6.07) is 15.2. The van der Waals surface area contributed by atoms with Gasteiger partial charge in [-0.15, -0.1) is 0 Å². The largest absolute Gasteiger partial charge is 0.494 e. The molecule has 3 aliphatic rings. The first-order valence-electron chi connectivity index (χ1n) is 15.4. The van der Waals surface area contributed by atoms with Gasteiger partial charge in [0, 0.05) is 54.8 Å². The quantitative estimate of drug-likeness (QED) is 0.295. The number of imidazole rings is 1. The standard InChI is InChI=1S/C34H34FN7O3/c1-40-30-27(10-21(12-29(30)45-2)34(44)41-16-23(35)13-24(36)17-41)39-32(40)28-11-20-6-8-26(38-31(20)42(28)15-18-3-4-18)19-5-7-25-22(9-19)14-37-33(25)43/h5-12,18,23-24H,3-4,13-17,36H2,1-2H3,(H,37,43)/t23-,24-/m1/s1. The van der Waals surface area contributed by atoms with Crippen LogP contribution in [0.1, 0.15) is 45.5 Å². The van der Waals surface area contributed by atoms with E-state index in [0.717, 1.165) is 51.4 Å². The molecule has 2 fully saturated rings. The van der Waals surface area contributed by atoms with Crippen molar-refractivity contribution in [2.45, 2.75) is 44.6 Å². The molecule has 0 unspecified atom stereocenters. The third-order valence-electron chi connectivity index (χ3n) is 9.32. The average Bonchev–Trinajstić information content (AvgIpc) is 3.56. The van der Waals surface area contributed by atoms with Crippen molar-refractivity contribution in [3.8, 4) is 28.5 Å². The first kappa shape index (κ1) is 27.8. The number of amides is 2. The van der Waals surface area contributed by atoms with Crippen LogP contribution in [0.2, 0.25) is 0 Å². The Morgan fingerprint density at radius 3 is 2.73 bits per heavy atom. The number of piperidine rings is 1. The van der Waals surface area contributed by atoms with E-state index < -0.39 is 12.2 Å². The van der Waals surface area contributed by atoms with Crippen molar-refractivity contribution in [1.29, 1.82) is 0 Å². The molecule has 2 amide bonds.